The topological polar surface area (TPSA) is 32.3 Å². The monoisotopic (exact) mass is 202 g/mol. The van der Waals surface area contributed by atoms with E-state index >= 15 is 0 Å². The molecule has 1 heterocycles. The average Bonchev–Trinajstić information content (AvgIpc) is 2.66. The Morgan fingerprint density at radius 1 is 1.54 bits per heavy atom. The highest BCUT2D eigenvalue weighted by Gasteiger charge is 2.17. The minimum Gasteiger partial charge on any atom is -0.337 e. The van der Waals surface area contributed by atoms with Gasteiger partial charge in [0, 0.05) is 24.9 Å². The summed E-state index contributed by atoms with van der Waals surface area (Å²) in [5, 5.41) is 3.45. The Kier molecular flexibility index (Phi) is 4.42. The molecule has 1 N–H and O–H groups in total. The van der Waals surface area contributed by atoms with Gasteiger partial charge in [0.2, 0.25) is 0 Å². The van der Waals surface area contributed by atoms with Gasteiger partial charge in [-0.25, -0.2) is 4.79 Å². The molecule has 0 aromatic heterocycles. The van der Waals surface area contributed by atoms with Crippen molar-refractivity contribution >= 4 is 17.8 Å². The average molecular weight is 202 g/mol. The van der Waals surface area contributed by atoms with Crippen molar-refractivity contribution in [1.29, 1.82) is 0 Å². The lowest BCUT2D eigenvalue weighted by molar-refractivity contribution is 0.209. The molecule has 0 bridgehead atoms. The summed E-state index contributed by atoms with van der Waals surface area (Å²) < 4.78 is 0. The molecular weight excluding hydrogens is 184 g/mol. The highest BCUT2D eigenvalue weighted by atomic mass is 32.2. The normalized spacial score (nSPS) is 18.8. The molecule has 1 fully saturated rings. The Morgan fingerprint density at radius 2 is 2.15 bits per heavy atom. The van der Waals surface area contributed by atoms with Gasteiger partial charge < -0.3 is 10.2 Å². The van der Waals surface area contributed by atoms with Crippen LogP contribution in [-0.2, 0) is 0 Å². The smallest absolute Gasteiger partial charge is 0.317 e. The van der Waals surface area contributed by atoms with Crippen LogP contribution in [0.1, 0.15) is 19.8 Å². The Morgan fingerprint density at radius 3 is 2.69 bits per heavy atom. The summed E-state index contributed by atoms with van der Waals surface area (Å²) in [4.78, 5) is 13.4. The molecule has 1 unspecified atom stereocenters. The summed E-state index contributed by atoms with van der Waals surface area (Å²) in [5.41, 5.74) is 0. The van der Waals surface area contributed by atoms with Crippen molar-refractivity contribution in [2.45, 2.75) is 25.0 Å². The lowest BCUT2D eigenvalue weighted by Gasteiger charge is -2.17. The molecule has 1 saturated heterocycles. The molecule has 1 aliphatic rings. The zero-order valence-corrected chi connectivity index (χ0v) is 9.19. The van der Waals surface area contributed by atoms with Crippen molar-refractivity contribution in [3.05, 3.63) is 0 Å². The van der Waals surface area contributed by atoms with Crippen LogP contribution in [0.15, 0.2) is 0 Å². The number of thioether (sulfide) groups is 1. The summed E-state index contributed by atoms with van der Waals surface area (Å²) >= 11 is 1.78. The molecule has 0 aromatic rings. The van der Waals surface area contributed by atoms with Crippen molar-refractivity contribution in [2.24, 2.45) is 0 Å². The minimum absolute atomic E-state index is 0.110. The third kappa shape index (κ3) is 3.46. The number of likely N-dealkylation sites (tertiary alicyclic amines) is 1. The number of hydrogen-bond acceptors (Lipinski definition) is 2. The maximum absolute atomic E-state index is 11.5. The van der Waals surface area contributed by atoms with Gasteiger partial charge in [-0.05, 0) is 19.1 Å². The van der Waals surface area contributed by atoms with Crippen molar-refractivity contribution in [3.63, 3.8) is 0 Å². The van der Waals surface area contributed by atoms with Gasteiger partial charge in [0.05, 0.1) is 0 Å². The van der Waals surface area contributed by atoms with E-state index in [9.17, 15) is 4.79 Å². The van der Waals surface area contributed by atoms with Gasteiger partial charge in [-0.15, -0.1) is 0 Å². The largest absolute Gasteiger partial charge is 0.337 e. The van der Waals surface area contributed by atoms with Crippen LogP contribution in [0.5, 0.6) is 0 Å². The lowest BCUT2D eigenvalue weighted by Crippen LogP contribution is -2.40. The second-order valence-electron chi connectivity index (χ2n) is 3.43. The lowest BCUT2D eigenvalue weighted by atomic mass is 10.4. The molecule has 13 heavy (non-hydrogen) atoms. The first-order valence-electron chi connectivity index (χ1n) is 4.79. The van der Waals surface area contributed by atoms with Crippen LogP contribution in [-0.4, -0.2) is 42.1 Å². The standard InChI is InChI=1S/C9H18N2OS/c1-8(13-2)7-10-9(12)11-5-3-4-6-11/h8H,3-7H2,1-2H3,(H,10,12). The zero-order valence-electron chi connectivity index (χ0n) is 8.38. The molecule has 0 aromatic carbocycles. The summed E-state index contributed by atoms with van der Waals surface area (Å²) in [6, 6.07) is 0.110. The van der Waals surface area contributed by atoms with E-state index in [0.29, 0.717) is 5.25 Å². The summed E-state index contributed by atoms with van der Waals surface area (Å²) in [5.74, 6) is 0. The molecule has 0 aliphatic carbocycles. The molecule has 0 saturated carbocycles. The third-order valence-corrected chi connectivity index (χ3v) is 3.31. The van der Waals surface area contributed by atoms with Crippen LogP contribution < -0.4 is 5.32 Å². The zero-order chi connectivity index (χ0) is 9.68. The fraction of sp³-hybridized carbons (Fsp3) is 0.889. The van der Waals surface area contributed by atoms with E-state index in [1.165, 1.54) is 0 Å². The van der Waals surface area contributed by atoms with E-state index in [4.69, 9.17) is 0 Å². The van der Waals surface area contributed by atoms with E-state index in [2.05, 4.69) is 18.5 Å². The van der Waals surface area contributed by atoms with Crippen LogP contribution in [0.25, 0.3) is 0 Å². The van der Waals surface area contributed by atoms with E-state index in [-0.39, 0.29) is 6.03 Å². The van der Waals surface area contributed by atoms with Gasteiger partial charge in [0.1, 0.15) is 0 Å². The number of hydrogen-bond donors (Lipinski definition) is 1. The molecule has 3 nitrogen and oxygen atoms in total. The van der Waals surface area contributed by atoms with Crippen molar-refractivity contribution in [2.75, 3.05) is 25.9 Å². The van der Waals surface area contributed by atoms with Crippen molar-refractivity contribution in [1.82, 2.24) is 10.2 Å². The van der Waals surface area contributed by atoms with E-state index in [1.807, 2.05) is 4.90 Å². The SMILES string of the molecule is CSC(C)CNC(=O)N1CCCC1. The number of amides is 2. The van der Waals surface area contributed by atoms with Gasteiger partial charge in [0.25, 0.3) is 0 Å². The van der Waals surface area contributed by atoms with Crippen molar-refractivity contribution in [3.8, 4) is 0 Å². The van der Waals surface area contributed by atoms with Crippen LogP contribution >= 0.6 is 11.8 Å². The predicted octanol–water partition coefficient (Wildman–Crippen LogP) is 1.54. The maximum atomic E-state index is 11.5. The highest BCUT2D eigenvalue weighted by molar-refractivity contribution is 7.99. The minimum atomic E-state index is 0.110. The van der Waals surface area contributed by atoms with Crippen LogP contribution in [0, 0.1) is 0 Å². The van der Waals surface area contributed by atoms with Crippen LogP contribution in [0.3, 0.4) is 0 Å². The Balaban J connectivity index is 2.16. The number of nitrogens with one attached hydrogen (secondary N) is 1. The molecule has 1 aliphatic heterocycles. The quantitative estimate of drug-likeness (QED) is 0.753. The van der Waals surface area contributed by atoms with E-state index < -0.39 is 0 Å². The van der Waals surface area contributed by atoms with Gasteiger partial charge >= 0.3 is 6.03 Å². The molecule has 76 valence electrons. The fourth-order valence-electron chi connectivity index (χ4n) is 1.35. The maximum Gasteiger partial charge on any atom is 0.317 e. The third-order valence-electron chi connectivity index (χ3n) is 2.34. The molecular formula is C9H18N2OS. The first kappa shape index (κ1) is 10.7. The number of carbonyl (C=O) groups is 1. The second-order valence-corrected chi connectivity index (χ2v) is 4.70. The van der Waals surface area contributed by atoms with Gasteiger partial charge in [0.15, 0.2) is 0 Å². The highest BCUT2D eigenvalue weighted by Crippen LogP contribution is 2.08. The van der Waals surface area contributed by atoms with Gasteiger partial charge in [-0.1, -0.05) is 6.92 Å². The van der Waals surface area contributed by atoms with E-state index in [1.54, 1.807) is 11.8 Å². The van der Waals surface area contributed by atoms with Gasteiger partial charge in [-0.3, -0.25) is 0 Å². The summed E-state index contributed by atoms with van der Waals surface area (Å²) in [6.45, 7) is 4.75. The molecule has 2 amide bonds. The van der Waals surface area contributed by atoms with Crippen molar-refractivity contribution < 1.29 is 4.79 Å². The number of nitrogens with zero attached hydrogens (tertiary/aromatic N) is 1. The van der Waals surface area contributed by atoms with Crippen LogP contribution in [0.2, 0.25) is 0 Å². The molecule has 0 spiro atoms. The first-order chi connectivity index (χ1) is 6.24. The van der Waals surface area contributed by atoms with Gasteiger partial charge in [-0.2, -0.15) is 11.8 Å². The molecule has 4 heteroatoms. The number of carbonyl (C=O) groups excluding carboxylic acids is 1. The fourth-order valence-corrected chi connectivity index (χ4v) is 1.60. The second kappa shape index (κ2) is 5.37. The molecule has 1 atom stereocenters. The first-order valence-corrected chi connectivity index (χ1v) is 6.08. The Bertz CT molecular complexity index is 169. The molecule has 0 radical (unpaired) electrons. The Labute approximate surface area is 84.2 Å². The Hall–Kier alpha value is -0.380. The summed E-state index contributed by atoms with van der Waals surface area (Å²) in [7, 11) is 0. The predicted molar refractivity (Wildman–Crippen MR) is 57.2 cm³/mol. The number of urea groups is 1. The molecule has 1 rings (SSSR count). The van der Waals surface area contributed by atoms with E-state index in [0.717, 1.165) is 32.5 Å². The number of rotatable bonds is 3. The van der Waals surface area contributed by atoms with Crippen LogP contribution in [0.4, 0.5) is 4.79 Å². The summed E-state index contributed by atoms with van der Waals surface area (Å²) in [6.07, 6.45) is 4.38.